The molecule has 1 unspecified atom stereocenters. The van der Waals surface area contributed by atoms with Crippen LogP contribution in [0.2, 0.25) is 0 Å². The summed E-state index contributed by atoms with van der Waals surface area (Å²) in [4.78, 5) is 0. The van der Waals surface area contributed by atoms with Crippen LogP contribution in [0.4, 0.5) is 0 Å². The molecule has 100 valence electrons. The lowest BCUT2D eigenvalue weighted by atomic mass is 9.79. The summed E-state index contributed by atoms with van der Waals surface area (Å²) in [5.41, 5.74) is 0.452. The van der Waals surface area contributed by atoms with Crippen LogP contribution in [0.25, 0.3) is 0 Å². The molecule has 0 spiro atoms. The maximum absolute atomic E-state index is 3.67. The second-order valence-corrected chi connectivity index (χ2v) is 6.36. The SMILES string of the molecule is CNC1(CCNCC(C)C2CC2)CCCCC1. The van der Waals surface area contributed by atoms with Crippen LogP contribution in [-0.2, 0) is 0 Å². The van der Waals surface area contributed by atoms with Crippen LogP contribution in [-0.4, -0.2) is 25.7 Å². The van der Waals surface area contributed by atoms with E-state index in [9.17, 15) is 0 Å². The van der Waals surface area contributed by atoms with Gasteiger partial charge in [0.2, 0.25) is 0 Å². The highest BCUT2D eigenvalue weighted by Crippen LogP contribution is 2.36. The van der Waals surface area contributed by atoms with Crippen molar-refractivity contribution in [1.82, 2.24) is 10.6 Å². The zero-order valence-corrected chi connectivity index (χ0v) is 11.7. The van der Waals surface area contributed by atoms with Gasteiger partial charge in [-0.25, -0.2) is 0 Å². The van der Waals surface area contributed by atoms with Gasteiger partial charge in [0.05, 0.1) is 0 Å². The molecule has 2 aliphatic carbocycles. The minimum Gasteiger partial charge on any atom is -0.316 e. The summed E-state index contributed by atoms with van der Waals surface area (Å²) >= 11 is 0. The second-order valence-electron chi connectivity index (χ2n) is 6.36. The van der Waals surface area contributed by atoms with E-state index in [4.69, 9.17) is 0 Å². The van der Waals surface area contributed by atoms with Crippen LogP contribution in [0.1, 0.15) is 58.3 Å². The van der Waals surface area contributed by atoms with Crippen molar-refractivity contribution in [2.24, 2.45) is 11.8 Å². The summed E-state index contributed by atoms with van der Waals surface area (Å²) in [7, 11) is 2.15. The normalized spacial score (nSPS) is 25.8. The topological polar surface area (TPSA) is 24.1 Å². The van der Waals surface area contributed by atoms with E-state index in [0.717, 1.165) is 11.8 Å². The monoisotopic (exact) mass is 238 g/mol. The summed E-state index contributed by atoms with van der Waals surface area (Å²) < 4.78 is 0. The molecule has 0 saturated heterocycles. The van der Waals surface area contributed by atoms with Crippen molar-refractivity contribution in [1.29, 1.82) is 0 Å². The Kier molecular flexibility index (Phi) is 4.87. The van der Waals surface area contributed by atoms with Gasteiger partial charge in [-0.3, -0.25) is 0 Å². The van der Waals surface area contributed by atoms with Gasteiger partial charge in [0.1, 0.15) is 0 Å². The minimum absolute atomic E-state index is 0.452. The minimum atomic E-state index is 0.452. The molecule has 0 heterocycles. The van der Waals surface area contributed by atoms with Crippen molar-refractivity contribution < 1.29 is 0 Å². The third-order valence-corrected chi connectivity index (χ3v) is 5.01. The molecule has 2 heteroatoms. The Hall–Kier alpha value is -0.0800. The summed E-state index contributed by atoms with van der Waals surface area (Å²) in [5, 5.41) is 7.27. The Morgan fingerprint density at radius 1 is 1.18 bits per heavy atom. The van der Waals surface area contributed by atoms with Crippen molar-refractivity contribution in [2.75, 3.05) is 20.1 Å². The Bertz CT molecular complexity index is 217. The van der Waals surface area contributed by atoms with Crippen LogP contribution in [0.3, 0.4) is 0 Å². The predicted molar refractivity (Wildman–Crippen MR) is 74.3 cm³/mol. The van der Waals surface area contributed by atoms with Gasteiger partial charge in [0.15, 0.2) is 0 Å². The first-order chi connectivity index (χ1) is 8.26. The van der Waals surface area contributed by atoms with E-state index in [2.05, 4.69) is 24.6 Å². The van der Waals surface area contributed by atoms with E-state index in [1.807, 2.05) is 0 Å². The number of hydrogen-bond acceptors (Lipinski definition) is 2. The van der Waals surface area contributed by atoms with Gasteiger partial charge in [-0.2, -0.15) is 0 Å². The number of rotatable bonds is 7. The summed E-state index contributed by atoms with van der Waals surface area (Å²) in [6, 6.07) is 0. The third-order valence-electron chi connectivity index (χ3n) is 5.01. The number of nitrogens with one attached hydrogen (secondary N) is 2. The molecule has 2 N–H and O–H groups in total. The lowest BCUT2D eigenvalue weighted by Gasteiger charge is -2.37. The van der Waals surface area contributed by atoms with Crippen LogP contribution in [0.15, 0.2) is 0 Å². The van der Waals surface area contributed by atoms with Crippen molar-refractivity contribution >= 4 is 0 Å². The maximum atomic E-state index is 3.67. The molecule has 0 amide bonds. The van der Waals surface area contributed by atoms with Crippen molar-refractivity contribution in [3.63, 3.8) is 0 Å². The van der Waals surface area contributed by atoms with E-state index in [0.29, 0.717) is 5.54 Å². The molecule has 17 heavy (non-hydrogen) atoms. The summed E-state index contributed by atoms with van der Waals surface area (Å²) in [6.45, 7) is 4.82. The van der Waals surface area contributed by atoms with Gasteiger partial charge in [0, 0.05) is 5.54 Å². The van der Waals surface area contributed by atoms with Crippen LogP contribution >= 0.6 is 0 Å². The van der Waals surface area contributed by atoms with Crippen molar-refractivity contribution in [2.45, 2.75) is 63.8 Å². The van der Waals surface area contributed by atoms with E-state index >= 15 is 0 Å². The highest BCUT2D eigenvalue weighted by Gasteiger charge is 2.30. The van der Waals surface area contributed by atoms with Gasteiger partial charge < -0.3 is 10.6 Å². The van der Waals surface area contributed by atoms with Crippen LogP contribution < -0.4 is 10.6 Å². The first-order valence-corrected chi connectivity index (χ1v) is 7.65. The standard InChI is InChI=1S/C15H30N2/c1-13(14-6-7-14)12-17-11-10-15(16-2)8-4-3-5-9-15/h13-14,16-17H,3-12H2,1-2H3. The summed E-state index contributed by atoms with van der Waals surface area (Å²) in [6.07, 6.45) is 11.3. The lowest BCUT2D eigenvalue weighted by Crippen LogP contribution is -2.46. The maximum Gasteiger partial charge on any atom is 0.0190 e. The first kappa shape index (κ1) is 13.4. The molecule has 0 aromatic carbocycles. The predicted octanol–water partition coefficient (Wildman–Crippen LogP) is 2.93. The van der Waals surface area contributed by atoms with Crippen molar-refractivity contribution in [3.8, 4) is 0 Å². The lowest BCUT2D eigenvalue weighted by molar-refractivity contribution is 0.227. The summed E-state index contributed by atoms with van der Waals surface area (Å²) in [5.74, 6) is 1.93. The molecule has 0 aromatic rings. The fourth-order valence-electron chi connectivity index (χ4n) is 3.34. The largest absolute Gasteiger partial charge is 0.316 e. The smallest absolute Gasteiger partial charge is 0.0190 e. The van der Waals surface area contributed by atoms with Gasteiger partial charge in [-0.05, 0) is 64.1 Å². The first-order valence-electron chi connectivity index (χ1n) is 7.65. The Balaban J connectivity index is 1.61. The van der Waals surface area contributed by atoms with E-state index in [-0.39, 0.29) is 0 Å². The fourth-order valence-corrected chi connectivity index (χ4v) is 3.34. The highest BCUT2D eigenvalue weighted by molar-refractivity contribution is 4.90. The van der Waals surface area contributed by atoms with Gasteiger partial charge in [-0.1, -0.05) is 26.2 Å². The molecule has 0 radical (unpaired) electrons. The van der Waals surface area contributed by atoms with Gasteiger partial charge in [0.25, 0.3) is 0 Å². The molecule has 2 rings (SSSR count). The van der Waals surface area contributed by atoms with Crippen LogP contribution in [0, 0.1) is 11.8 Å². The van der Waals surface area contributed by atoms with Gasteiger partial charge in [-0.15, -0.1) is 0 Å². The fraction of sp³-hybridized carbons (Fsp3) is 1.00. The average Bonchev–Trinajstić information content (AvgIpc) is 3.20. The Morgan fingerprint density at radius 3 is 2.47 bits per heavy atom. The highest BCUT2D eigenvalue weighted by atomic mass is 15.0. The van der Waals surface area contributed by atoms with Gasteiger partial charge >= 0.3 is 0 Å². The molecule has 2 nitrogen and oxygen atoms in total. The van der Waals surface area contributed by atoms with E-state index in [1.165, 1.54) is 64.5 Å². The third kappa shape index (κ3) is 3.96. The quantitative estimate of drug-likeness (QED) is 0.666. The average molecular weight is 238 g/mol. The van der Waals surface area contributed by atoms with Crippen LogP contribution in [0.5, 0.6) is 0 Å². The molecule has 1 atom stereocenters. The van der Waals surface area contributed by atoms with E-state index < -0.39 is 0 Å². The molecule has 0 aromatic heterocycles. The Labute approximate surface area is 107 Å². The molecule has 2 fully saturated rings. The molecule has 2 saturated carbocycles. The molecular formula is C15H30N2. The van der Waals surface area contributed by atoms with Crippen molar-refractivity contribution in [3.05, 3.63) is 0 Å². The zero-order chi connectivity index (χ0) is 12.1. The molecule has 0 aliphatic heterocycles. The molecule has 0 bridgehead atoms. The molecular weight excluding hydrogens is 208 g/mol. The second kappa shape index (κ2) is 6.19. The molecule has 2 aliphatic rings. The zero-order valence-electron chi connectivity index (χ0n) is 11.7. The number of hydrogen-bond donors (Lipinski definition) is 2. The Morgan fingerprint density at radius 2 is 1.88 bits per heavy atom. The van der Waals surface area contributed by atoms with E-state index in [1.54, 1.807) is 0 Å².